The first-order valence-electron chi connectivity index (χ1n) is 7.51. The van der Waals surface area contributed by atoms with E-state index in [1.807, 2.05) is 31.2 Å². The predicted molar refractivity (Wildman–Crippen MR) is 102 cm³/mol. The van der Waals surface area contributed by atoms with Crippen LogP contribution in [0.2, 0.25) is 0 Å². The Kier molecular flexibility index (Phi) is 4.32. The van der Waals surface area contributed by atoms with Crippen molar-refractivity contribution in [2.75, 3.05) is 0 Å². The third-order valence-corrected chi connectivity index (χ3v) is 5.83. The molecule has 0 spiro atoms. The molecule has 1 aliphatic rings. The summed E-state index contributed by atoms with van der Waals surface area (Å²) in [4.78, 5) is 16.7. The zero-order valence-electron chi connectivity index (χ0n) is 13.5. The third kappa shape index (κ3) is 3.37. The van der Waals surface area contributed by atoms with Crippen LogP contribution in [0.5, 0.6) is 0 Å². The quantitative estimate of drug-likeness (QED) is 0.490. The highest BCUT2D eigenvalue weighted by Crippen LogP contribution is 2.36. The fourth-order valence-corrected chi connectivity index (χ4v) is 4.27. The molecule has 1 N–H and O–H groups in total. The largest absolute Gasteiger partial charge is 0.445 e. The zero-order chi connectivity index (χ0) is 19.3. The molecule has 0 unspecified atom stereocenters. The number of amides is 1. The minimum atomic E-state index is -4.57. The lowest BCUT2D eigenvalue weighted by atomic mass is 10.1. The van der Waals surface area contributed by atoms with E-state index in [2.05, 4.69) is 15.4 Å². The number of alkyl halides is 3. The number of aromatic nitrogens is 3. The molecule has 1 fully saturated rings. The fourth-order valence-electron chi connectivity index (χ4n) is 2.48. The number of carbonyl (C=O) groups excluding carboxylic acids is 1. The van der Waals surface area contributed by atoms with Gasteiger partial charge in [-0.25, -0.2) is 9.50 Å². The number of nitrogens with zero attached hydrogens (tertiary/aromatic N) is 3. The van der Waals surface area contributed by atoms with Gasteiger partial charge in [-0.05, 0) is 13.0 Å². The Hall–Kier alpha value is -2.24. The first kappa shape index (κ1) is 18.1. The van der Waals surface area contributed by atoms with Gasteiger partial charge in [0.1, 0.15) is 4.32 Å². The van der Waals surface area contributed by atoms with Crippen molar-refractivity contribution in [2.45, 2.75) is 13.1 Å². The van der Waals surface area contributed by atoms with Crippen LogP contribution in [-0.2, 0) is 11.0 Å². The number of rotatable bonds is 2. The zero-order valence-corrected chi connectivity index (χ0v) is 15.9. The van der Waals surface area contributed by atoms with Gasteiger partial charge in [-0.3, -0.25) is 4.79 Å². The van der Waals surface area contributed by atoms with Crippen LogP contribution in [-0.4, -0.2) is 24.8 Å². The van der Waals surface area contributed by atoms with Gasteiger partial charge in [0.25, 0.3) is 5.91 Å². The number of hydrogen-bond acceptors (Lipinski definition) is 6. The number of benzene rings is 1. The van der Waals surface area contributed by atoms with E-state index in [0.29, 0.717) is 28.3 Å². The molecule has 0 radical (unpaired) electrons. The van der Waals surface area contributed by atoms with Gasteiger partial charge in [-0.1, -0.05) is 65.1 Å². The van der Waals surface area contributed by atoms with Crippen molar-refractivity contribution in [3.63, 3.8) is 0 Å². The Morgan fingerprint density at radius 2 is 1.96 bits per heavy atom. The second-order valence-electron chi connectivity index (χ2n) is 5.66. The van der Waals surface area contributed by atoms with Crippen LogP contribution < -0.4 is 5.32 Å². The van der Waals surface area contributed by atoms with Gasteiger partial charge in [-0.15, -0.1) is 5.10 Å². The molecule has 1 saturated heterocycles. The van der Waals surface area contributed by atoms with Crippen LogP contribution in [0.15, 0.2) is 29.2 Å². The molecular weight excluding hydrogens is 417 g/mol. The normalized spacial score (nSPS) is 16.5. The van der Waals surface area contributed by atoms with Crippen molar-refractivity contribution in [3.8, 4) is 11.3 Å². The number of fused-ring (bicyclic) bond motifs is 1. The van der Waals surface area contributed by atoms with E-state index >= 15 is 0 Å². The van der Waals surface area contributed by atoms with Crippen LogP contribution in [0.4, 0.5) is 13.2 Å². The Morgan fingerprint density at radius 3 is 2.56 bits per heavy atom. The van der Waals surface area contributed by atoms with Gasteiger partial charge in [0.2, 0.25) is 9.97 Å². The van der Waals surface area contributed by atoms with E-state index in [9.17, 15) is 18.0 Å². The van der Waals surface area contributed by atoms with Gasteiger partial charge in [0.15, 0.2) is 0 Å². The smallest absolute Gasteiger partial charge is 0.307 e. The van der Waals surface area contributed by atoms with Crippen molar-refractivity contribution in [1.82, 2.24) is 19.9 Å². The minimum absolute atomic E-state index is 0.0933. The molecule has 1 aliphatic heterocycles. The number of carbonyl (C=O) groups is 1. The monoisotopic (exact) mass is 426 g/mol. The molecule has 0 aliphatic carbocycles. The first-order valence-corrected chi connectivity index (χ1v) is 9.55. The molecule has 3 heterocycles. The average molecular weight is 426 g/mol. The predicted octanol–water partition coefficient (Wildman–Crippen LogP) is 4.27. The molecule has 0 atom stereocenters. The van der Waals surface area contributed by atoms with Crippen LogP contribution in [0, 0.1) is 6.92 Å². The molecule has 3 aromatic rings. The topological polar surface area (TPSA) is 59.3 Å². The second-order valence-corrected chi connectivity index (χ2v) is 8.34. The minimum Gasteiger partial charge on any atom is -0.307 e. The maximum absolute atomic E-state index is 13.0. The molecule has 5 nitrogen and oxygen atoms in total. The number of hydrogen-bond donors (Lipinski definition) is 1. The second kappa shape index (κ2) is 6.43. The fraction of sp³-hybridized carbons (Fsp3) is 0.125. The van der Waals surface area contributed by atoms with E-state index < -0.39 is 17.1 Å². The van der Waals surface area contributed by atoms with Crippen molar-refractivity contribution < 1.29 is 18.0 Å². The standard InChI is InChI=1S/C16H9F3N4OS3/c1-7-2-4-8(5-3-7)11-9(6-10-12(24)21-15(25)26-10)23-14(20-11)27-13(22-23)16(17,18)19/h2-6H,1H3,(H,21,24,25)/b10-6-. The number of imidazole rings is 1. The molecule has 1 amide bonds. The summed E-state index contributed by atoms with van der Waals surface area (Å²) < 4.78 is 40.5. The average Bonchev–Trinajstić information content (AvgIpc) is 3.22. The maximum atomic E-state index is 13.0. The molecule has 4 rings (SSSR count). The van der Waals surface area contributed by atoms with Crippen LogP contribution in [0.25, 0.3) is 22.3 Å². The first-order chi connectivity index (χ1) is 12.7. The van der Waals surface area contributed by atoms with Crippen molar-refractivity contribution in [2.24, 2.45) is 0 Å². The van der Waals surface area contributed by atoms with Gasteiger partial charge in [-0.2, -0.15) is 13.2 Å². The van der Waals surface area contributed by atoms with Crippen molar-refractivity contribution in [1.29, 1.82) is 0 Å². The summed E-state index contributed by atoms with van der Waals surface area (Å²) in [6, 6.07) is 7.39. The number of nitrogens with one attached hydrogen (secondary N) is 1. The molecule has 11 heteroatoms. The highest BCUT2D eigenvalue weighted by molar-refractivity contribution is 8.26. The summed E-state index contributed by atoms with van der Waals surface area (Å²) in [5, 5.41) is 5.15. The lowest BCUT2D eigenvalue weighted by Crippen LogP contribution is -2.17. The summed E-state index contributed by atoms with van der Waals surface area (Å²) >= 11 is 6.46. The summed E-state index contributed by atoms with van der Waals surface area (Å²) in [6.07, 6.45) is -3.10. The van der Waals surface area contributed by atoms with Gasteiger partial charge in [0, 0.05) is 5.56 Å². The number of thioether (sulfide) groups is 1. The molecule has 27 heavy (non-hydrogen) atoms. The number of aryl methyl sites for hydroxylation is 1. The molecule has 2 aromatic heterocycles. The van der Waals surface area contributed by atoms with E-state index in [-0.39, 0.29) is 14.2 Å². The van der Waals surface area contributed by atoms with E-state index in [1.165, 1.54) is 6.08 Å². The highest BCUT2D eigenvalue weighted by Gasteiger charge is 2.36. The molecular formula is C16H9F3N4OS3. The summed E-state index contributed by atoms with van der Waals surface area (Å²) in [6.45, 7) is 1.93. The molecule has 1 aromatic carbocycles. The summed E-state index contributed by atoms with van der Waals surface area (Å²) in [5.41, 5.74) is 2.49. The lowest BCUT2D eigenvalue weighted by Gasteiger charge is -2.02. The van der Waals surface area contributed by atoms with E-state index in [4.69, 9.17) is 12.2 Å². The summed E-state index contributed by atoms with van der Waals surface area (Å²) in [7, 11) is 0. The lowest BCUT2D eigenvalue weighted by molar-refractivity contribution is -0.138. The van der Waals surface area contributed by atoms with Crippen molar-refractivity contribution >= 4 is 56.6 Å². The Labute approximate surface area is 164 Å². The molecule has 0 saturated carbocycles. The third-order valence-electron chi connectivity index (χ3n) is 3.72. The number of halogens is 3. The Morgan fingerprint density at radius 1 is 1.26 bits per heavy atom. The van der Waals surface area contributed by atoms with Gasteiger partial charge >= 0.3 is 6.18 Å². The van der Waals surface area contributed by atoms with Crippen LogP contribution in [0.1, 0.15) is 16.3 Å². The van der Waals surface area contributed by atoms with E-state index in [1.54, 1.807) is 0 Å². The van der Waals surface area contributed by atoms with E-state index in [0.717, 1.165) is 21.8 Å². The maximum Gasteiger partial charge on any atom is 0.445 e. The highest BCUT2D eigenvalue weighted by atomic mass is 32.2. The SMILES string of the molecule is Cc1ccc(-c2nc3sc(C(F)(F)F)nn3c2/C=C2\SC(=S)NC2=O)cc1. The summed E-state index contributed by atoms with van der Waals surface area (Å²) in [5.74, 6) is -0.402. The molecule has 0 bridgehead atoms. The Bertz CT molecular complexity index is 1110. The van der Waals surface area contributed by atoms with Crippen LogP contribution in [0.3, 0.4) is 0 Å². The molecule has 138 valence electrons. The number of thiocarbonyl (C=S) groups is 1. The Balaban J connectivity index is 1.93. The van der Waals surface area contributed by atoms with Gasteiger partial charge in [0.05, 0.1) is 16.3 Å². The van der Waals surface area contributed by atoms with Crippen molar-refractivity contribution in [3.05, 3.63) is 45.4 Å². The van der Waals surface area contributed by atoms with Gasteiger partial charge < -0.3 is 5.32 Å². The van der Waals surface area contributed by atoms with Crippen LogP contribution >= 0.6 is 35.3 Å².